The number of rotatable bonds is 0. The van der Waals surface area contributed by atoms with Gasteiger partial charge in [0.1, 0.15) is 34.8 Å². The Hall–Kier alpha value is -3.01. The van der Waals surface area contributed by atoms with Gasteiger partial charge in [-0.3, -0.25) is 4.79 Å². The molecule has 182 valence electrons. The van der Waals surface area contributed by atoms with Crippen LogP contribution < -0.4 is 10.2 Å². The highest BCUT2D eigenvalue weighted by molar-refractivity contribution is 5.87. The van der Waals surface area contributed by atoms with Crippen LogP contribution in [0.1, 0.15) is 71.6 Å². The highest BCUT2D eigenvalue weighted by Gasteiger charge is 2.19. The van der Waals surface area contributed by atoms with Crippen molar-refractivity contribution in [2.45, 2.75) is 73.6 Å². The van der Waals surface area contributed by atoms with E-state index >= 15 is 0 Å². The van der Waals surface area contributed by atoms with Gasteiger partial charge < -0.3 is 14.3 Å². The summed E-state index contributed by atoms with van der Waals surface area (Å²) >= 11 is 0. The Kier molecular flexibility index (Phi) is 8.24. The molecule has 34 heavy (non-hydrogen) atoms. The van der Waals surface area contributed by atoms with Crippen molar-refractivity contribution in [3.8, 4) is 11.5 Å². The number of aromatic hydroxyl groups is 1. The average Bonchev–Trinajstić information content (AvgIpc) is 2.94. The first-order valence-corrected chi connectivity index (χ1v) is 12.1. The summed E-state index contributed by atoms with van der Waals surface area (Å²) in [6.45, 7) is 13.3. The molecular formula is C30H38O4. The first-order valence-electron chi connectivity index (χ1n) is 12.1. The molecule has 0 fully saturated rings. The fourth-order valence-corrected chi connectivity index (χ4v) is 4.09. The lowest BCUT2D eigenvalue weighted by atomic mass is 9.87. The van der Waals surface area contributed by atoms with E-state index in [2.05, 4.69) is 52.0 Å². The maximum Gasteiger partial charge on any atom is 0.196 e. The van der Waals surface area contributed by atoms with Crippen LogP contribution in [-0.4, -0.2) is 11.7 Å². The van der Waals surface area contributed by atoms with E-state index in [0.717, 1.165) is 18.4 Å². The van der Waals surface area contributed by atoms with Crippen LogP contribution in [0, 0.1) is 12.3 Å². The van der Waals surface area contributed by atoms with Crippen molar-refractivity contribution in [3.05, 3.63) is 80.8 Å². The fraction of sp³-hybridized carbons (Fsp3) is 0.433. The minimum atomic E-state index is -0.232. The zero-order valence-corrected chi connectivity index (χ0v) is 21.5. The third kappa shape index (κ3) is 6.75. The first kappa shape index (κ1) is 25.6. The van der Waals surface area contributed by atoms with Crippen molar-refractivity contribution >= 4 is 11.0 Å². The van der Waals surface area contributed by atoms with Gasteiger partial charge in [-0.25, -0.2) is 0 Å². The molecule has 0 saturated carbocycles. The van der Waals surface area contributed by atoms with Crippen LogP contribution in [0.25, 0.3) is 11.0 Å². The summed E-state index contributed by atoms with van der Waals surface area (Å²) in [5, 5.41) is 10.5. The van der Waals surface area contributed by atoms with Crippen molar-refractivity contribution in [3.63, 3.8) is 0 Å². The molecule has 1 aromatic heterocycles. The predicted molar refractivity (Wildman–Crippen MR) is 141 cm³/mol. The summed E-state index contributed by atoms with van der Waals surface area (Å²) in [6.07, 6.45) is 16.7. The molecule has 1 N–H and O–H groups in total. The summed E-state index contributed by atoms with van der Waals surface area (Å²) in [5.74, 6) is 1.05. The summed E-state index contributed by atoms with van der Waals surface area (Å²) in [6, 6.07) is 3.07. The van der Waals surface area contributed by atoms with Crippen LogP contribution in [-0.2, 0) is 6.42 Å². The number of allylic oxidation sites excluding steroid dienone is 7. The second kappa shape index (κ2) is 10.9. The van der Waals surface area contributed by atoms with Crippen LogP contribution in [0.3, 0.4) is 0 Å². The van der Waals surface area contributed by atoms with Crippen LogP contribution in [0.4, 0.5) is 0 Å². The Balaban J connectivity index is 0.000000197. The Bertz CT molecular complexity index is 1220. The maximum atomic E-state index is 12.0. The lowest BCUT2D eigenvalue weighted by Gasteiger charge is -2.18. The normalized spacial score (nSPS) is 18.1. The largest absolute Gasteiger partial charge is 0.507 e. The molecule has 2 aromatic rings. The molecular weight excluding hydrogens is 424 g/mol. The van der Waals surface area contributed by atoms with Gasteiger partial charge in [0.15, 0.2) is 5.43 Å². The summed E-state index contributed by atoms with van der Waals surface area (Å²) in [4.78, 5) is 12.0. The molecule has 0 radical (unpaired) electrons. The van der Waals surface area contributed by atoms with Crippen LogP contribution in [0.15, 0.2) is 68.4 Å². The zero-order chi connectivity index (χ0) is 24.9. The van der Waals surface area contributed by atoms with Crippen molar-refractivity contribution in [1.29, 1.82) is 0 Å². The van der Waals surface area contributed by atoms with Crippen LogP contribution >= 0.6 is 0 Å². The molecule has 4 rings (SSSR count). The number of fused-ring (bicyclic) bond motifs is 2. The number of phenols is 1. The third-order valence-corrected chi connectivity index (χ3v) is 6.31. The number of ether oxygens (including phenoxy) is 1. The van der Waals surface area contributed by atoms with Crippen LogP contribution in [0.2, 0.25) is 0 Å². The number of hydrogen-bond donors (Lipinski definition) is 1. The van der Waals surface area contributed by atoms with Gasteiger partial charge in [0.25, 0.3) is 0 Å². The molecule has 1 aliphatic carbocycles. The Morgan fingerprint density at radius 3 is 2.47 bits per heavy atom. The van der Waals surface area contributed by atoms with E-state index in [1.54, 1.807) is 13.0 Å². The molecule has 0 bridgehead atoms. The minimum absolute atomic E-state index is 0.0350. The van der Waals surface area contributed by atoms with Gasteiger partial charge in [0.05, 0.1) is 0 Å². The van der Waals surface area contributed by atoms with E-state index in [4.69, 9.17) is 9.15 Å². The van der Waals surface area contributed by atoms with Gasteiger partial charge in [-0.05, 0) is 70.8 Å². The second-order valence-electron chi connectivity index (χ2n) is 10.3. The van der Waals surface area contributed by atoms with Gasteiger partial charge in [-0.2, -0.15) is 0 Å². The Labute approximate surface area is 203 Å². The molecule has 0 spiro atoms. The fourth-order valence-electron chi connectivity index (χ4n) is 4.09. The summed E-state index contributed by atoms with van der Waals surface area (Å²) < 4.78 is 11.1. The van der Waals surface area contributed by atoms with Crippen molar-refractivity contribution in [2.24, 2.45) is 5.41 Å². The standard InChI is InChI=1S/C15H14O4.C15H24/c1-8-3-4-10-12(18-7-8)6-13-14(15(10)17)11(16)5-9(2)19-13;1-13-7-5-8-14(2)10-12-15(3,4)11-6-9-13/h3,5-6,17H,4,7H2,1-2H3;6-7,10-11H,5,8-9,12H2,1-4H3. The van der Waals surface area contributed by atoms with E-state index in [1.807, 2.05) is 13.0 Å². The van der Waals surface area contributed by atoms with E-state index in [9.17, 15) is 9.90 Å². The monoisotopic (exact) mass is 462 g/mol. The third-order valence-electron chi connectivity index (χ3n) is 6.31. The summed E-state index contributed by atoms with van der Waals surface area (Å²) in [7, 11) is 0. The molecule has 4 nitrogen and oxygen atoms in total. The average molecular weight is 463 g/mol. The van der Waals surface area contributed by atoms with Gasteiger partial charge in [0, 0.05) is 17.7 Å². The minimum Gasteiger partial charge on any atom is -0.507 e. The topological polar surface area (TPSA) is 59.7 Å². The van der Waals surface area contributed by atoms with Gasteiger partial charge in [-0.15, -0.1) is 0 Å². The lowest BCUT2D eigenvalue weighted by Crippen LogP contribution is -2.05. The molecule has 0 atom stereocenters. The van der Waals surface area contributed by atoms with Crippen molar-refractivity contribution in [1.82, 2.24) is 0 Å². The van der Waals surface area contributed by atoms with Gasteiger partial charge in [0.2, 0.25) is 0 Å². The van der Waals surface area contributed by atoms with E-state index in [0.29, 0.717) is 41.1 Å². The Morgan fingerprint density at radius 2 is 1.71 bits per heavy atom. The lowest BCUT2D eigenvalue weighted by molar-refractivity contribution is 0.349. The molecule has 2 heterocycles. The number of aryl methyl sites for hydroxylation is 1. The highest BCUT2D eigenvalue weighted by atomic mass is 16.5. The van der Waals surface area contributed by atoms with Crippen molar-refractivity contribution in [2.75, 3.05) is 6.61 Å². The SMILES string of the molecule is CC1=CCCC(C)=CCC(C)(C)C=CC1.CC1=CCc2c(cc3oc(C)cc(=O)c3c2O)OC1. The molecule has 1 aromatic carbocycles. The molecule has 0 saturated heterocycles. The molecule has 1 aliphatic heterocycles. The van der Waals surface area contributed by atoms with Gasteiger partial charge >= 0.3 is 0 Å². The molecule has 0 unspecified atom stereocenters. The second-order valence-corrected chi connectivity index (χ2v) is 10.3. The Morgan fingerprint density at radius 1 is 0.941 bits per heavy atom. The van der Waals surface area contributed by atoms with Gasteiger partial charge in [-0.1, -0.05) is 55.4 Å². The smallest absolute Gasteiger partial charge is 0.196 e. The van der Waals surface area contributed by atoms with E-state index < -0.39 is 0 Å². The molecule has 2 aliphatic rings. The quantitative estimate of drug-likeness (QED) is 0.407. The van der Waals surface area contributed by atoms with Crippen LogP contribution in [0.5, 0.6) is 11.5 Å². The van der Waals surface area contributed by atoms with Crippen molar-refractivity contribution < 1.29 is 14.3 Å². The van der Waals surface area contributed by atoms with E-state index in [1.165, 1.54) is 30.1 Å². The predicted octanol–water partition coefficient (Wildman–Crippen LogP) is 7.72. The molecule has 4 heteroatoms. The first-order chi connectivity index (χ1) is 16.1. The van der Waals surface area contributed by atoms with E-state index in [-0.39, 0.29) is 16.6 Å². The number of benzene rings is 1. The zero-order valence-electron chi connectivity index (χ0n) is 21.5. The highest BCUT2D eigenvalue weighted by Crippen LogP contribution is 2.37. The maximum absolute atomic E-state index is 12.0. The number of hydrogen-bond acceptors (Lipinski definition) is 4. The summed E-state index contributed by atoms with van der Waals surface area (Å²) in [5.41, 5.74) is 5.20. The molecule has 0 amide bonds. The number of phenolic OH excluding ortho intramolecular Hbond substituents is 1.